The van der Waals surface area contributed by atoms with Crippen LogP contribution in [0.2, 0.25) is 0 Å². The maximum absolute atomic E-state index is 12.3. The Bertz CT molecular complexity index is 855. The lowest BCUT2D eigenvalue weighted by Crippen LogP contribution is -2.31. The summed E-state index contributed by atoms with van der Waals surface area (Å²) in [5, 5.41) is 2.89. The van der Waals surface area contributed by atoms with E-state index in [0.29, 0.717) is 10.8 Å². The van der Waals surface area contributed by atoms with Gasteiger partial charge in [0.25, 0.3) is 5.91 Å². The zero-order valence-electron chi connectivity index (χ0n) is 16.4. The number of hydrogen-bond donors (Lipinski definition) is 1. The van der Waals surface area contributed by atoms with Crippen LogP contribution in [0.25, 0.3) is 0 Å². The molecule has 5 heteroatoms. The second-order valence-corrected chi connectivity index (χ2v) is 8.75. The Balaban J connectivity index is 1.52. The van der Waals surface area contributed by atoms with Crippen LogP contribution in [0, 0.1) is 19.8 Å². The number of ether oxygens (including phenoxy) is 1. The minimum absolute atomic E-state index is 0.133. The first kappa shape index (κ1) is 19.6. The summed E-state index contributed by atoms with van der Waals surface area (Å²) in [4.78, 5) is 26.3. The van der Waals surface area contributed by atoms with Crippen molar-refractivity contribution in [2.45, 2.75) is 53.0 Å². The number of amides is 1. The standard InChI is InChI=1S/C22H27NO3S/c1-13-5-8-19-18(9-13)11-20(27-19)22(25)26-12-21(24)23-16(4)17-7-6-14(2)15(3)10-17/h6-7,10-11,13,16H,5,8-9,12H2,1-4H3,(H,23,24)/t13-,16+/m1/s1. The molecule has 3 rings (SSSR count). The molecule has 0 unspecified atom stereocenters. The van der Waals surface area contributed by atoms with Gasteiger partial charge in [-0.3, -0.25) is 4.79 Å². The van der Waals surface area contributed by atoms with E-state index in [0.717, 1.165) is 18.4 Å². The molecule has 2 aromatic rings. The molecule has 1 aromatic heterocycles. The molecule has 0 spiro atoms. The molecule has 0 bridgehead atoms. The van der Waals surface area contributed by atoms with Gasteiger partial charge in [0, 0.05) is 4.88 Å². The van der Waals surface area contributed by atoms with E-state index in [4.69, 9.17) is 4.74 Å². The first-order valence-corrected chi connectivity index (χ1v) is 10.3. The highest BCUT2D eigenvalue weighted by Gasteiger charge is 2.22. The molecular weight excluding hydrogens is 358 g/mol. The molecule has 2 atom stereocenters. The van der Waals surface area contributed by atoms with Crippen molar-refractivity contribution in [3.8, 4) is 0 Å². The third-order valence-corrected chi connectivity index (χ3v) is 6.49. The van der Waals surface area contributed by atoms with Gasteiger partial charge in [0.05, 0.1) is 6.04 Å². The number of thiophene rings is 1. The highest BCUT2D eigenvalue weighted by atomic mass is 32.1. The molecule has 0 saturated carbocycles. The van der Waals surface area contributed by atoms with Crippen molar-refractivity contribution in [2.24, 2.45) is 5.92 Å². The minimum Gasteiger partial charge on any atom is -0.451 e. The number of fused-ring (bicyclic) bond motifs is 1. The van der Waals surface area contributed by atoms with E-state index in [1.54, 1.807) is 0 Å². The normalized spacial score (nSPS) is 17.1. The quantitative estimate of drug-likeness (QED) is 0.770. The number of aryl methyl sites for hydroxylation is 3. The van der Waals surface area contributed by atoms with E-state index in [-0.39, 0.29) is 18.6 Å². The Morgan fingerprint density at radius 2 is 2.04 bits per heavy atom. The number of nitrogens with one attached hydrogen (secondary N) is 1. The summed E-state index contributed by atoms with van der Waals surface area (Å²) in [6.07, 6.45) is 3.22. The Kier molecular flexibility index (Phi) is 6.00. The fourth-order valence-electron chi connectivity index (χ4n) is 3.41. The van der Waals surface area contributed by atoms with Gasteiger partial charge in [0.2, 0.25) is 0 Å². The Morgan fingerprint density at radius 1 is 1.26 bits per heavy atom. The number of rotatable bonds is 5. The summed E-state index contributed by atoms with van der Waals surface area (Å²) < 4.78 is 5.23. The summed E-state index contributed by atoms with van der Waals surface area (Å²) in [6.45, 7) is 8.02. The summed E-state index contributed by atoms with van der Waals surface area (Å²) in [5.74, 6) is -0.0336. The van der Waals surface area contributed by atoms with Crippen molar-refractivity contribution in [2.75, 3.05) is 6.61 Å². The molecular formula is C22H27NO3S. The lowest BCUT2D eigenvalue weighted by molar-refractivity contribution is -0.124. The van der Waals surface area contributed by atoms with E-state index in [1.807, 2.05) is 25.1 Å². The van der Waals surface area contributed by atoms with Crippen LogP contribution in [0.4, 0.5) is 0 Å². The molecule has 1 aromatic carbocycles. The van der Waals surface area contributed by atoms with E-state index in [2.05, 4.69) is 32.2 Å². The third-order valence-electron chi connectivity index (χ3n) is 5.27. The molecule has 0 saturated heterocycles. The van der Waals surface area contributed by atoms with E-state index >= 15 is 0 Å². The first-order valence-electron chi connectivity index (χ1n) is 9.48. The van der Waals surface area contributed by atoms with Crippen LogP contribution in [0.3, 0.4) is 0 Å². The first-order chi connectivity index (χ1) is 12.8. The van der Waals surface area contributed by atoms with Gasteiger partial charge >= 0.3 is 5.97 Å². The van der Waals surface area contributed by atoms with Gasteiger partial charge in [0.1, 0.15) is 4.88 Å². The lowest BCUT2D eigenvalue weighted by atomic mass is 9.90. The van der Waals surface area contributed by atoms with Crippen molar-refractivity contribution in [3.63, 3.8) is 0 Å². The van der Waals surface area contributed by atoms with Crippen molar-refractivity contribution >= 4 is 23.2 Å². The zero-order valence-corrected chi connectivity index (χ0v) is 17.2. The predicted molar refractivity (Wildman–Crippen MR) is 108 cm³/mol. The van der Waals surface area contributed by atoms with E-state index < -0.39 is 5.97 Å². The van der Waals surface area contributed by atoms with Gasteiger partial charge in [-0.1, -0.05) is 25.1 Å². The maximum Gasteiger partial charge on any atom is 0.348 e. The summed E-state index contributed by atoms with van der Waals surface area (Å²) in [6, 6.07) is 7.94. The van der Waals surface area contributed by atoms with Crippen LogP contribution in [-0.4, -0.2) is 18.5 Å². The van der Waals surface area contributed by atoms with Crippen LogP contribution < -0.4 is 5.32 Å². The van der Waals surface area contributed by atoms with Crippen LogP contribution in [-0.2, 0) is 22.4 Å². The molecule has 1 N–H and O–H groups in total. The minimum atomic E-state index is -0.406. The number of carbonyl (C=O) groups is 2. The van der Waals surface area contributed by atoms with Crippen molar-refractivity contribution in [1.29, 1.82) is 0 Å². The smallest absolute Gasteiger partial charge is 0.348 e. The van der Waals surface area contributed by atoms with E-state index in [9.17, 15) is 9.59 Å². The number of carbonyl (C=O) groups excluding carboxylic acids is 2. The second kappa shape index (κ2) is 8.26. The fourth-order valence-corrected chi connectivity index (χ4v) is 4.51. The molecule has 0 fully saturated rings. The molecule has 0 aliphatic heterocycles. The monoisotopic (exact) mass is 385 g/mol. The van der Waals surface area contributed by atoms with Crippen LogP contribution in [0.1, 0.15) is 63.1 Å². The van der Waals surface area contributed by atoms with Gasteiger partial charge in [-0.15, -0.1) is 11.3 Å². The fraction of sp³-hybridized carbons (Fsp3) is 0.455. The van der Waals surface area contributed by atoms with Crippen molar-refractivity contribution < 1.29 is 14.3 Å². The van der Waals surface area contributed by atoms with Crippen molar-refractivity contribution in [1.82, 2.24) is 5.32 Å². The molecule has 4 nitrogen and oxygen atoms in total. The molecule has 0 radical (unpaired) electrons. The largest absolute Gasteiger partial charge is 0.451 e. The SMILES string of the molecule is Cc1ccc([C@H](C)NC(=O)COC(=O)c2cc3c(s2)CC[C@@H](C)C3)cc1C. The van der Waals surface area contributed by atoms with Gasteiger partial charge < -0.3 is 10.1 Å². The van der Waals surface area contributed by atoms with Gasteiger partial charge in [-0.05, 0) is 74.3 Å². The van der Waals surface area contributed by atoms with Crippen LogP contribution >= 0.6 is 11.3 Å². The molecule has 144 valence electrons. The predicted octanol–water partition coefficient (Wildman–Crippen LogP) is 4.52. The van der Waals surface area contributed by atoms with Crippen LogP contribution in [0.15, 0.2) is 24.3 Å². The summed E-state index contributed by atoms with van der Waals surface area (Å²) in [7, 11) is 0. The third kappa shape index (κ3) is 4.78. The second-order valence-electron chi connectivity index (χ2n) is 7.62. The van der Waals surface area contributed by atoms with Crippen molar-refractivity contribution in [3.05, 3.63) is 56.3 Å². The molecule has 1 amide bonds. The van der Waals surface area contributed by atoms with Gasteiger partial charge in [0.15, 0.2) is 6.61 Å². The van der Waals surface area contributed by atoms with Crippen LogP contribution in [0.5, 0.6) is 0 Å². The Hall–Kier alpha value is -2.14. The Labute approximate surface area is 164 Å². The topological polar surface area (TPSA) is 55.4 Å². The molecule has 1 aliphatic rings. The Morgan fingerprint density at radius 3 is 2.78 bits per heavy atom. The van der Waals surface area contributed by atoms with Gasteiger partial charge in [-0.2, -0.15) is 0 Å². The molecule has 1 heterocycles. The number of benzene rings is 1. The zero-order chi connectivity index (χ0) is 19.6. The molecule has 27 heavy (non-hydrogen) atoms. The average Bonchev–Trinajstić information content (AvgIpc) is 3.05. The summed E-state index contributed by atoms with van der Waals surface area (Å²) in [5.41, 5.74) is 4.71. The summed E-state index contributed by atoms with van der Waals surface area (Å²) >= 11 is 1.50. The lowest BCUT2D eigenvalue weighted by Gasteiger charge is -2.16. The highest BCUT2D eigenvalue weighted by Crippen LogP contribution is 2.32. The number of hydrogen-bond acceptors (Lipinski definition) is 4. The number of esters is 1. The highest BCUT2D eigenvalue weighted by molar-refractivity contribution is 7.14. The molecule has 1 aliphatic carbocycles. The van der Waals surface area contributed by atoms with Gasteiger partial charge in [-0.25, -0.2) is 4.79 Å². The van der Waals surface area contributed by atoms with E-state index in [1.165, 1.54) is 39.3 Å². The maximum atomic E-state index is 12.3. The average molecular weight is 386 g/mol.